The van der Waals surface area contributed by atoms with Crippen molar-refractivity contribution in [3.05, 3.63) is 54.1 Å². The van der Waals surface area contributed by atoms with E-state index in [1.807, 2.05) is 18.2 Å². The van der Waals surface area contributed by atoms with Gasteiger partial charge in [0.25, 0.3) is 0 Å². The Morgan fingerprint density at radius 1 is 1.11 bits per heavy atom. The van der Waals surface area contributed by atoms with Gasteiger partial charge in [-0.2, -0.15) is 0 Å². The summed E-state index contributed by atoms with van der Waals surface area (Å²) in [6.45, 7) is 2.14. The van der Waals surface area contributed by atoms with Crippen LogP contribution in [-0.4, -0.2) is 13.4 Å². The van der Waals surface area contributed by atoms with Crippen molar-refractivity contribution in [2.75, 3.05) is 18.7 Å². The first-order valence-electron chi connectivity index (χ1n) is 6.28. The Hall–Kier alpha value is -1.61. The fraction of sp³-hybridized carbons (Fsp3) is 0.250. The first-order chi connectivity index (χ1) is 9.24. The van der Waals surface area contributed by atoms with Crippen LogP contribution in [0.5, 0.6) is 5.75 Å². The number of hydrogen-bond donors (Lipinski definition) is 1. The molecular weight excluding hydrogens is 254 g/mol. The molecule has 0 amide bonds. The largest absolute Gasteiger partial charge is 0.496 e. The lowest BCUT2D eigenvalue weighted by atomic mass is 10.1. The van der Waals surface area contributed by atoms with Crippen molar-refractivity contribution < 1.29 is 4.74 Å². The molecule has 0 spiro atoms. The van der Waals surface area contributed by atoms with Crippen LogP contribution >= 0.6 is 11.8 Å². The smallest absolute Gasteiger partial charge is 0.124 e. The average Bonchev–Trinajstić information content (AvgIpc) is 2.47. The number of hydrogen-bond acceptors (Lipinski definition) is 3. The van der Waals surface area contributed by atoms with Crippen molar-refractivity contribution in [1.82, 2.24) is 0 Å². The Bertz CT molecular complexity index is 542. The SMILES string of the molecule is COc1ccccc1C(C)Nc1cccc(SC)c1. The second kappa shape index (κ2) is 6.53. The molecule has 0 saturated heterocycles. The number of rotatable bonds is 5. The predicted octanol–water partition coefficient (Wildman–Crippen LogP) is 4.59. The zero-order chi connectivity index (χ0) is 13.7. The van der Waals surface area contributed by atoms with E-state index in [0.29, 0.717) is 0 Å². The topological polar surface area (TPSA) is 21.3 Å². The molecule has 0 aliphatic carbocycles. The van der Waals surface area contributed by atoms with Crippen LogP contribution in [0.15, 0.2) is 53.4 Å². The number of benzene rings is 2. The van der Waals surface area contributed by atoms with E-state index in [4.69, 9.17) is 4.74 Å². The highest BCUT2D eigenvalue weighted by atomic mass is 32.2. The molecule has 0 heterocycles. The third-order valence-corrected chi connectivity index (χ3v) is 3.78. The average molecular weight is 273 g/mol. The third-order valence-electron chi connectivity index (χ3n) is 3.06. The van der Waals surface area contributed by atoms with Gasteiger partial charge in [0.1, 0.15) is 5.75 Å². The summed E-state index contributed by atoms with van der Waals surface area (Å²) in [5.41, 5.74) is 2.30. The summed E-state index contributed by atoms with van der Waals surface area (Å²) >= 11 is 1.75. The van der Waals surface area contributed by atoms with Gasteiger partial charge < -0.3 is 10.1 Å². The molecular formula is C16H19NOS. The van der Waals surface area contributed by atoms with Gasteiger partial charge in [-0.3, -0.25) is 0 Å². The van der Waals surface area contributed by atoms with E-state index in [2.05, 4.69) is 48.8 Å². The highest BCUT2D eigenvalue weighted by Gasteiger charge is 2.10. The molecule has 100 valence electrons. The van der Waals surface area contributed by atoms with Crippen LogP contribution in [0.4, 0.5) is 5.69 Å². The molecule has 3 heteroatoms. The van der Waals surface area contributed by atoms with Crippen molar-refractivity contribution >= 4 is 17.4 Å². The molecule has 0 aliphatic rings. The predicted molar refractivity (Wildman–Crippen MR) is 83.3 cm³/mol. The minimum absolute atomic E-state index is 0.202. The van der Waals surface area contributed by atoms with Gasteiger partial charge in [-0.15, -0.1) is 11.8 Å². The molecule has 1 N–H and O–H groups in total. The van der Waals surface area contributed by atoms with Crippen molar-refractivity contribution in [1.29, 1.82) is 0 Å². The van der Waals surface area contributed by atoms with Crippen LogP contribution in [0.25, 0.3) is 0 Å². The lowest BCUT2D eigenvalue weighted by molar-refractivity contribution is 0.408. The van der Waals surface area contributed by atoms with Crippen LogP contribution in [0.3, 0.4) is 0 Å². The molecule has 2 aromatic carbocycles. The fourth-order valence-corrected chi connectivity index (χ4v) is 2.52. The van der Waals surface area contributed by atoms with Gasteiger partial charge >= 0.3 is 0 Å². The Morgan fingerprint density at radius 2 is 1.89 bits per heavy atom. The molecule has 1 atom stereocenters. The zero-order valence-electron chi connectivity index (χ0n) is 11.5. The molecule has 0 fully saturated rings. The van der Waals surface area contributed by atoms with Crippen LogP contribution in [-0.2, 0) is 0 Å². The van der Waals surface area contributed by atoms with Gasteiger partial charge in [0.2, 0.25) is 0 Å². The Kier molecular flexibility index (Phi) is 4.74. The third kappa shape index (κ3) is 3.44. The van der Waals surface area contributed by atoms with Crippen molar-refractivity contribution in [3.63, 3.8) is 0 Å². The molecule has 2 nitrogen and oxygen atoms in total. The van der Waals surface area contributed by atoms with Crippen LogP contribution in [0, 0.1) is 0 Å². The fourth-order valence-electron chi connectivity index (χ4n) is 2.06. The van der Waals surface area contributed by atoms with E-state index in [1.165, 1.54) is 10.5 Å². The number of nitrogens with one attached hydrogen (secondary N) is 1. The highest BCUT2D eigenvalue weighted by Crippen LogP contribution is 2.28. The quantitative estimate of drug-likeness (QED) is 0.805. The van der Waals surface area contributed by atoms with E-state index >= 15 is 0 Å². The molecule has 0 aliphatic heterocycles. The summed E-state index contributed by atoms with van der Waals surface area (Å²) in [6, 6.07) is 16.8. The van der Waals surface area contributed by atoms with E-state index in [1.54, 1.807) is 18.9 Å². The maximum atomic E-state index is 5.40. The summed E-state index contributed by atoms with van der Waals surface area (Å²) in [4.78, 5) is 1.26. The minimum Gasteiger partial charge on any atom is -0.496 e. The van der Waals surface area contributed by atoms with E-state index in [0.717, 1.165) is 11.4 Å². The highest BCUT2D eigenvalue weighted by molar-refractivity contribution is 7.98. The number of para-hydroxylation sites is 1. The van der Waals surface area contributed by atoms with Gasteiger partial charge in [0.15, 0.2) is 0 Å². The first kappa shape index (κ1) is 13.8. The molecule has 2 aromatic rings. The molecule has 19 heavy (non-hydrogen) atoms. The lowest BCUT2D eigenvalue weighted by Gasteiger charge is -2.18. The van der Waals surface area contributed by atoms with Gasteiger partial charge in [0.05, 0.1) is 13.2 Å². The van der Waals surface area contributed by atoms with Crippen molar-refractivity contribution in [2.45, 2.75) is 17.9 Å². The Balaban J connectivity index is 2.18. The normalized spacial score (nSPS) is 11.9. The van der Waals surface area contributed by atoms with Gasteiger partial charge in [-0.25, -0.2) is 0 Å². The monoisotopic (exact) mass is 273 g/mol. The Labute approximate surface area is 119 Å². The number of anilines is 1. The van der Waals surface area contributed by atoms with E-state index < -0.39 is 0 Å². The van der Waals surface area contributed by atoms with E-state index in [-0.39, 0.29) is 6.04 Å². The standard InChI is InChI=1S/C16H19NOS/c1-12(15-9-4-5-10-16(15)18-2)17-13-7-6-8-14(11-13)19-3/h4-12,17H,1-3H3. The van der Waals surface area contributed by atoms with Crippen molar-refractivity contribution in [2.24, 2.45) is 0 Å². The van der Waals surface area contributed by atoms with Crippen LogP contribution < -0.4 is 10.1 Å². The van der Waals surface area contributed by atoms with Crippen LogP contribution in [0.1, 0.15) is 18.5 Å². The molecule has 0 bridgehead atoms. The maximum Gasteiger partial charge on any atom is 0.124 e. The number of thioether (sulfide) groups is 1. The molecule has 2 rings (SSSR count). The molecule has 0 aromatic heterocycles. The molecule has 1 unspecified atom stereocenters. The second-order valence-corrected chi connectivity index (χ2v) is 5.22. The molecule has 0 radical (unpaired) electrons. The number of methoxy groups -OCH3 is 1. The number of ether oxygens (including phenoxy) is 1. The van der Waals surface area contributed by atoms with Gasteiger partial charge in [-0.1, -0.05) is 24.3 Å². The van der Waals surface area contributed by atoms with Gasteiger partial charge in [0, 0.05) is 16.1 Å². The summed E-state index contributed by atoms with van der Waals surface area (Å²) in [5.74, 6) is 0.920. The minimum atomic E-state index is 0.202. The van der Waals surface area contributed by atoms with Crippen molar-refractivity contribution in [3.8, 4) is 5.75 Å². The first-order valence-corrected chi connectivity index (χ1v) is 7.50. The lowest BCUT2D eigenvalue weighted by Crippen LogP contribution is -2.08. The molecule has 0 saturated carbocycles. The summed E-state index contributed by atoms with van der Waals surface area (Å²) < 4.78 is 5.40. The summed E-state index contributed by atoms with van der Waals surface area (Å²) in [6.07, 6.45) is 2.09. The zero-order valence-corrected chi connectivity index (χ0v) is 12.3. The second-order valence-electron chi connectivity index (χ2n) is 4.34. The van der Waals surface area contributed by atoms with Crippen LogP contribution in [0.2, 0.25) is 0 Å². The maximum absolute atomic E-state index is 5.40. The summed E-state index contributed by atoms with van der Waals surface area (Å²) in [7, 11) is 1.71. The Morgan fingerprint density at radius 3 is 2.63 bits per heavy atom. The summed E-state index contributed by atoms with van der Waals surface area (Å²) in [5, 5.41) is 3.51. The van der Waals surface area contributed by atoms with Gasteiger partial charge in [-0.05, 0) is 37.4 Å². The van der Waals surface area contributed by atoms with E-state index in [9.17, 15) is 0 Å².